The first kappa shape index (κ1) is 34.2. The third kappa shape index (κ3) is 6.91. The number of rotatable bonds is 10. The summed E-state index contributed by atoms with van der Waals surface area (Å²) in [5, 5.41) is 29.5. The van der Waals surface area contributed by atoms with Gasteiger partial charge in [0.2, 0.25) is 5.91 Å². The van der Waals surface area contributed by atoms with E-state index < -0.39 is 63.3 Å². The van der Waals surface area contributed by atoms with Crippen LogP contribution in [0.3, 0.4) is 0 Å². The van der Waals surface area contributed by atoms with E-state index >= 15 is 0 Å². The van der Waals surface area contributed by atoms with Crippen molar-refractivity contribution < 1.29 is 68.3 Å². The Hall–Kier alpha value is -4.71. The Morgan fingerprint density at radius 2 is 1.78 bits per heavy atom. The van der Waals surface area contributed by atoms with E-state index in [1.807, 2.05) is 0 Å². The number of carbonyl (C=O) groups is 5. The van der Waals surface area contributed by atoms with Crippen LogP contribution in [-0.2, 0) is 23.9 Å². The van der Waals surface area contributed by atoms with E-state index in [1.165, 1.54) is 35.1 Å². The summed E-state index contributed by atoms with van der Waals surface area (Å²) in [5.74, 6) is -4.65. The van der Waals surface area contributed by atoms with Gasteiger partial charge in [0.25, 0.3) is 23.1 Å². The Bertz CT molecular complexity index is 1810. The number of benzene rings is 2. The summed E-state index contributed by atoms with van der Waals surface area (Å²) < 4.78 is 6.09. The van der Waals surface area contributed by atoms with E-state index in [1.54, 1.807) is 30.3 Å². The molecule has 232 valence electrons. The summed E-state index contributed by atoms with van der Waals surface area (Å²) in [5.41, 5.74) is -0.934. The van der Waals surface area contributed by atoms with Gasteiger partial charge in [0, 0.05) is 36.6 Å². The maximum Gasteiger partial charge on any atom is 1.00 e. The average molecular weight is 659 g/mol. The predicted molar refractivity (Wildman–Crippen MR) is 153 cm³/mol. The summed E-state index contributed by atoms with van der Waals surface area (Å²) in [7, 11) is 0. The minimum atomic E-state index is -1.64. The van der Waals surface area contributed by atoms with Crippen molar-refractivity contribution in [1.29, 1.82) is 0 Å². The number of carboxylic acids is 1. The van der Waals surface area contributed by atoms with Crippen molar-refractivity contribution in [2.45, 2.75) is 24.4 Å². The first-order valence-corrected chi connectivity index (χ1v) is 14.2. The number of esters is 1. The third-order valence-corrected chi connectivity index (χ3v) is 8.31. The van der Waals surface area contributed by atoms with Crippen LogP contribution in [0.2, 0.25) is 0 Å². The van der Waals surface area contributed by atoms with Gasteiger partial charge in [0.1, 0.15) is 29.6 Å². The number of aliphatic carboxylic acids is 1. The van der Waals surface area contributed by atoms with Gasteiger partial charge in [0.05, 0.1) is 22.3 Å². The number of carboxylic acid groups (broad SMARTS) is 1. The van der Waals surface area contributed by atoms with E-state index in [9.17, 15) is 44.0 Å². The molecule has 2 aliphatic rings. The first-order chi connectivity index (χ1) is 21.5. The molecule has 0 saturated carbocycles. The number of aromatic nitrogens is 2. The number of H-pyrrole nitrogens is 1. The van der Waals surface area contributed by atoms with Crippen LogP contribution in [0, 0.1) is 10.1 Å². The minimum absolute atomic E-state index is 0. The molecule has 1 fully saturated rings. The van der Waals surface area contributed by atoms with E-state index in [4.69, 9.17) is 4.74 Å². The van der Waals surface area contributed by atoms with Crippen molar-refractivity contribution in [3.63, 3.8) is 0 Å². The second-order valence-corrected chi connectivity index (χ2v) is 11.0. The van der Waals surface area contributed by atoms with Crippen molar-refractivity contribution in [2.75, 3.05) is 12.4 Å². The molecule has 3 aromatic rings. The zero-order valence-corrected chi connectivity index (χ0v) is 27.1. The Labute approximate surface area is 285 Å². The molecule has 2 aliphatic heterocycles. The Morgan fingerprint density at radius 3 is 2.39 bits per heavy atom. The molecule has 16 nitrogen and oxygen atoms in total. The number of amides is 3. The van der Waals surface area contributed by atoms with Crippen molar-refractivity contribution in [1.82, 2.24) is 25.3 Å². The Kier molecular flexibility index (Phi) is 10.5. The quantitative estimate of drug-likeness (QED) is 0.0637. The average Bonchev–Trinajstić information content (AvgIpc) is 3.42. The number of carbonyl (C=O) groups excluding carboxylic acids is 5. The zero-order valence-electron chi connectivity index (χ0n) is 24.3. The molecule has 1 saturated heterocycles. The van der Waals surface area contributed by atoms with Gasteiger partial charge < -0.3 is 25.3 Å². The number of hydrogen-bond acceptors (Lipinski definition) is 11. The Balaban J connectivity index is 0.00000480. The molecule has 3 amide bonds. The molecule has 0 radical (unpaired) electrons. The zero-order chi connectivity index (χ0) is 32.4. The van der Waals surface area contributed by atoms with E-state index in [0.717, 1.165) is 23.6 Å². The van der Waals surface area contributed by atoms with Gasteiger partial charge in [-0.15, -0.1) is 11.8 Å². The smallest absolute Gasteiger partial charge is 0.543 e. The largest absolute Gasteiger partial charge is 1.00 e. The molecule has 0 bridgehead atoms. The van der Waals surface area contributed by atoms with Crippen LogP contribution < -0.4 is 50.9 Å². The fourth-order valence-corrected chi connectivity index (χ4v) is 6.12. The van der Waals surface area contributed by atoms with Crippen LogP contribution in [0.4, 0.5) is 5.69 Å². The van der Waals surface area contributed by atoms with E-state index in [0.29, 0.717) is 11.3 Å². The van der Waals surface area contributed by atoms with Gasteiger partial charge in [-0.1, -0.05) is 30.3 Å². The van der Waals surface area contributed by atoms with E-state index in [-0.39, 0.29) is 58.7 Å². The van der Waals surface area contributed by atoms with Gasteiger partial charge in [-0.2, -0.15) is 0 Å². The number of aromatic amines is 1. The van der Waals surface area contributed by atoms with Gasteiger partial charge in [-0.3, -0.25) is 48.8 Å². The summed E-state index contributed by atoms with van der Waals surface area (Å²) in [4.78, 5) is 86.9. The number of non-ortho nitro benzene ring substituents is 1. The molecular weight excluding hydrogens is 635 g/mol. The third-order valence-electron chi connectivity index (χ3n) is 6.97. The molecule has 0 spiro atoms. The number of nitrogens with one attached hydrogen (secondary N) is 3. The fraction of sp³-hybridized carbons (Fsp3) is 0.214. The molecule has 3 atom stereocenters. The number of ether oxygens (including phenoxy) is 1. The second kappa shape index (κ2) is 14.2. The van der Waals surface area contributed by atoms with Crippen LogP contribution in [0.5, 0.6) is 0 Å². The molecular formula is C28H23N6NaO10S. The van der Waals surface area contributed by atoms with Crippen molar-refractivity contribution in [3.05, 3.63) is 104 Å². The molecule has 3 heterocycles. The number of fused-ring (bicyclic) bond motifs is 1. The molecule has 0 aliphatic carbocycles. The molecule has 3 N–H and O–H groups in total. The topological polar surface area (TPSA) is 226 Å². The number of thioether (sulfide) groups is 1. The van der Waals surface area contributed by atoms with Crippen molar-refractivity contribution in [2.24, 2.45) is 0 Å². The fourth-order valence-electron chi connectivity index (χ4n) is 4.79. The summed E-state index contributed by atoms with van der Waals surface area (Å²) >= 11 is 1.15. The molecule has 5 rings (SSSR count). The summed E-state index contributed by atoms with van der Waals surface area (Å²) in [6.45, 7) is 0.817. The number of nitro groups is 1. The number of nitro benzene ring substituents is 1. The van der Waals surface area contributed by atoms with Crippen molar-refractivity contribution in [3.8, 4) is 5.69 Å². The molecule has 1 aromatic heterocycles. The predicted octanol–water partition coefficient (Wildman–Crippen LogP) is -3.48. The second-order valence-electron chi connectivity index (χ2n) is 9.86. The van der Waals surface area contributed by atoms with Crippen LogP contribution in [0.25, 0.3) is 5.69 Å². The van der Waals surface area contributed by atoms with Crippen LogP contribution in [0.15, 0.2) is 76.9 Å². The van der Waals surface area contributed by atoms with Crippen molar-refractivity contribution >= 4 is 47.1 Å². The molecule has 46 heavy (non-hydrogen) atoms. The van der Waals surface area contributed by atoms with Crippen LogP contribution in [-0.4, -0.2) is 73.0 Å². The van der Waals surface area contributed by atoms with E-state index in [2.05, 4.69) is 15.7 Å². The number of hydrogen-bond donors (Lipinski definition) is 3. The maximum atomic E-state index is 13.5. The molecule has 18 heteroatoms. The van der Waals surface area contributed by atoms with Crippen LogP contribution >= 0.6 is 11.8 Å². The van der Waals surface area contributed by atoms with Gasteiger partial charge in [-0.25, -0.2) is 0 Å². The summed E-state index contributed by atoms with van der Waals surface area (Å²) in [6, 6.07) is 10.7. The minimum Gasteiger partial charge on any atom is -0.543 e. The normalized spacial score (nSPS) is 17.5. The first-order valence-electron chi connectivity index (χ1n) is 13.2. The standard InChI is InChI=1S/C28H24N6O10S.Na/c1-14(35)44-12-16-13-45-27-21(26(39)33(27)22(16)28(40)41)30-25(38)20(15-5-3-2-4-6-15)29-23(36)19-11-32(31-24(19)37)17-7-9-18(10-8-17)34(42)43;/h2-11,20-21,27H,12-13H2,1H3,(H,29,36)(H,30,38)(H,31,37)(H,40,41);/q;+1/p-1/t20?,21-,27+;/m1./s1. The molecule has 2 aromatic carbocycles. The van der Waals surface area contributed by atoms with Crippen LogP contribution in [0.1, 0.15) is 28.9 Å². The van der Waals surface area contributed by atoms with Gasteiger partial charge in [-0.05, 0) is 17.7 Å². The maximum absolute atomic E-state index is 13.5. The molecule has 1 unspecified atom stereocenters. The number of β-lactam (4-membered cyclic amide) rings is 1. The summed E-state index contributed by atoms with van der Waals surface area (Å²) in [6.07, 6.45) is 1.17. The monoisotopic (exact) mass is 658 g/mol. The number of nitrogens with zero attached hydrogens (tertiary/aromatic N) is 3. The van der Waals surface area contributed by atoms with Gasteiger partial charge >= 0.3 is 35.5 Å². The Morgan fingerprint density at radius 1 is 1.11 bits per heavy atom. The SMILES string of the molecule is CC(=O)OCC1=C(C(=O)[O-])N2C(=O)[C@@H](NC(=O)C(NC(=O)c3cn(-c4ccc([N+](=O)[O-])cc4)[nH]c3=O)c3ccccc3)[C@@H]2SC1.[Na+]. The van der Waals surface area contributed by atoms with Gasteiger partial charge in [0.15, 0.2) is 0 Å².